The van der Waals surface area contributed by atoms with E-state index in [4.69, 9.17) is 22.7 Å². The summed E-state index contributed by atoms with van der Waals surface area (Å²) in [6.07, 6.45) is 1.82. The Morgan fingerprint density at radius 1 is 1.39 bits per heavy atom. The molecule has 1 amide bonds. The number of methoxy groups -OCH3 is 1. The molecule has 98 valence electrons. The smallest absolute Gasteiger partial charge is 0.224 e. The van der Waals surface area contributed by atoms with Gasteiger partial charge in [-0.1, -0.05) is 24.4 Å². The van der Waals surface area contributed by atoms with Crippen molar-refractivity contribution in [1.29, 1.82) is 0 Å². The highest BCUT2D eigenvalue weighted by atomic mass is 32.1. The summed E-state index contributed by atoms with van der Waals surface area (Å²) in [6, 6.07) is 7.45. The molecule has 1 aromatic rings. The van der Waals surface area contributed by atoms with Crippen molar-refractivity contribution in [2.45, 2.75) is 19.3 Å². The highest BCUT2D eigenvalue weighted by Gasteiger charge is 2.03. The standard InChI is InChI=1S/C13H18N2O2S/c1-17-11-6-4-10(5-7-11)9-13(16)15-8-2-3-12(14)18/h4-7H,2-3,8-9H2,1H3,(H2,14,18)(H,15,16). The number of benzene rings is 1. The van der Waals surface area contributed by atoms with Crippen LogP contribution in [0.5, 0.6) is 5.75 Å². The first-order valence-corrected chi connectivity index (χ1v) is 6.20. The molecule has 0 heterocycles. The Kier molecular flexibility index (Phi) is 6.14. The predicted molar refractivity (Wildman–Crippen MR) is 75.7 cm³/mol. The van der Waals surface area contributed by atoms with Gasteiger partial charge in [0.15, 0.2) is 0 Å². The Bertz CT molecular complexity index is 404. The molecule has 0 radical (unpaired) electrons. The van der Waals surface area contributed by atoms with Crippen LogP contribution in [0.2, 0.25) is 0 Å². The van der Waals surface area contributed by atoms with E-state index in [1.165, 1.54) is 0 Å². The second-order valence-corrected chi connectivity index (χ2v) is 4.47. The van der Waals surface area contributed by atoms with Gasteiger partial charge in [0.1, 0.15) is 5.75 Å². The normalized spacial score (nSPS) is 9.83. The van der Waals surface area contributed by atoms with Crippen LogP contribution in [0.15, 0.2) is 24.3 Å². The van der Waals surface area contributed by atoms with Crippen molar-refractivity contribution < 1.29 is 9.53 Å². The average molecular weight is 266 g/mol. The fraction of sp³-hybridized carbons (Fsp3) is 0.385. The highest BCUT2D eigenvalue weighted by Crippen LogP contribution is 2.11. The second-order valence-electron chi connectivity index (χ2n) is 3.94. The lowest BCUT2D eigenvalue weighted by atomic mass is 10.1. The zero-order chi connectivity index (χ0) is 13.4. The van der Waals surface area contributed by atoms with Gasteiger partial charge in [-0.05, 0) is 30.5 Å². The van der Waals surface area contributed by atoms with Crippen LogP contribution in [0.3, 0.4) is 0 Å². The Morgan fingerprint density at radius 3 is 2.61 bits per heavy atom. The summed E-state index contributed by atoms with van der Waals surface area (Å²) >= 11 is 4.76. The maximum atomic E-state index is 11.6. The number of amides is 1. The van der Waals surface area contributed by atoms with Crippen LogP contribution in [0.1, 0.15) is 18.4 Å². The van der Waals surface area contributed by atoms with Gasteiger partial charge < -0.3 is 15.8 Å². The number of rotatable bonds is 7. The molecule has 0 aliphatic rings. The highest BCUT2D eigenvalue weighted by molar-refractivity contribution is 7.80. The summed E-state index contributed by atoms with van der Waals surface area (Å²) in [5.41, 5.74) is 6.33. The third kappa shape index (κ3) is 5.63. The average Bonchev–Trinajstić information content (AvgIpc) is 2.35. The van der Waals surface area contributed by atoms with E-state index in [1.54, 1.807) is 7.11 Å². The van der Waals surface area contributed by atoms with E-state index in [9.17, 15) is 4.79 Å². The summed E-state index contributed by atoms with van der Waals surface area (Å²) in [5.74, 6) is 0.790. The van der Waals surface area contributed by atoms with Crippen molar-refractivity contribution in [3.63, 3.8) is 0 Å². The van der Waals surface area contributed by atoms with E-state index >= 15 is 0 Å². The van der Waals surface area contributed by atoms with Gasteiger partial charge >= 0.3 is 0 Å². The molecule has 18 heavy (non-hydrogen) atoms. The predicted octanol–water partition coefficient (Wildman–Crippen LogP) is 1.42. The van der Waals surface area contributed by atoms with Gasteiger partial charge in [0.2, 0.25) is 5.91 Å². The minimum atomic E-state index is 0.00288. The van der Waals surface area contributed by atoms with E-state index in [0.29, 0.717) is 24.4 Å². The van der Waals surface area contributed by atoms with Gasteiger partial charge in [-0.25, -0.2) is 0 Å². The largest absolute Gasteiger partial charge is 0.497 e. The SMILES string of the molecule is COc1ccc(CC(=O)NCCCC(N)=S)cc1. The van der Waals surface area contributed by atoms with Crippen molar-refractivity contribution >= 4 is 23.1 Å². The maximum absolute atomic E-state index is 11.6. The first kappa shape index (κ1) is 14.4. The lowest BCUT2D eigenvalue weighted by molar-refractivity contribution is -0.120. The molecule has 0 spiro atoms. The number of hydrogen-bond donors (Lipinski definition) is 2. The van der Waals surface area contributed by atoms with Crippen LogP contribution in [0.4, 0.5) is 0 Å². The molecule has 3 N–H and O–H groups in total. The third-order valence-corrected chi connectivity index (χ3v) is 2.65. The van der Waals surface area contributed by atoms with Gasteiger partial charge in [-0.2, -0.15) is 0 Å². The Balaban J connectivity index is 2.28. The monoisotopic (exact) mass is 266 g/mol. The summed E-state index contributed by atoms with van der Waals surface area (Å²) in [5, 5.41) is 2.83. The summed E-state index contributed by atoms with van der Waals surface area (Å²) in [6.45, 7) is 0.604. The summed E-state index contributed by atoms with van der Waals surface area (Å²) < 4.78 is 5.05. The number of carbonyl (C=O) groups excluding carboxylic acids is 1. The second kappa shape index (κ2) is 7.66. The maximum Gasteiger partial charge on any atom is 0.224 e. The lowest BCUT2D eigenvalue weighted by Gasteiger charge is -2.05. The van der Waals surface area contributed by atoms with Crippen LogP contribution in [0, 0.1) is 0 Å². The number of thiocarbonyl (C=S) groups is 1. The molecule has 1 rings (SSSR count). The zero-order valence-corrected chi connectivity index (χ0v) is 11.3. The summed E-state index contributed by atoms with van der Waals surface area (Å²) in [4.78, 5) is 12.1. The molecule has 0 bridgehead atoms. The van der Waals surface area contributed by atoms with Crippen LogP contribution in [0.25, 0.3) is 0 Å². The molecule has 4 nitrogen and oxygen atoms in total. The number of carbonyl (C=O) groups is 1. The van der Waals surface area contributed by atoms with Crippen LogP contribution < -0.4 is 15.8 Å². The minimum Gasteiger partial charge on any atom is -0.497 e. The minimum absolute atomic E-state index is 0.00288. The van der Waals surface area contributed by atoms with E-state index in [1.807, 2.05) is 24.3 Å². The molecule has 0 aliphatic carbocycles. The zero-order valence-electron chi connectivity index (χ0n) is 10.4. The van der Waals surface area contributed by atoms with Gasteiger partial charge in [-0.3, -0.25) is 4.79 Å². The molecule has 0 fully saturated rings. The molecule has 0 saturated heterocycles. The van der Waals surface area contributed by atoms with Crippen molar-refractivity contribution in [3.05, 3.63) is 29.8 Å². The third-order valence-electron chi connectivity index (χ3n) is 2.45. The Morgan fingerprint density at radius 2 is 2.06 bits per heavy atom. The number of hydrogen-bond acceptors (Lipinski definition) is 3. The van der Waals surface area contributed by atoms with E-state index in [2.05, 4.69) is 5.32 Å². The number of ether oxygens (including phenoxy) is 1. The molecule has 5 heteroatoms. The van der Waals surface area contributed by atoms with E-state index in [-0.39, 0.29) is 5.91 Å². The van der Waals surface area contributed by atoms with E-state index in [0.717, 1.165) is 17.7 Å². The van der Waals surface area contributed by atoms with Gasteiger partial charge in [0, 0.05) is 6.54 Å². The van der Waals surface area contributed by atoms with Gasteiger partial charge in [-0.15, -0.1) is 0 Å². The van der Waals surface area contributed by atoms with Crippen molar-refractivity contribution in [3.8, 4) is 5.75 Å². The Labute approximate surface area is 113 Å². The fourth-order valence-corrected chi connectivity index (χ4v) is 1.63. The van der Waals surface area contributed by atoms with Crippen molar-refractivity contribution in [2.24, 2.45) is 5.73 Å². The number of nitrogens with two attached hydrogens (primary N) is 1. The quantitative estimate of drug-likeness (QED) is 0.579. The first-order chi connectivity index (χ1) is 8.61. The molecular weight excluding hydrogens is 248 g/mol. The topological polar surface area (TPSA) is 64.3 Å². The van der Waals surface area contributed by atoms with Crippen LogP contribution >= 0.6 is 12.2 Å². The number of nitrogens with one attached hydrogen (secondary N) is 1. The molecule has 0 saturated carbocycles. The van der Waals surface area contributed by atoms with Gasteiger partial charge in [0.25, 0.3) is 0 Å². The molecule has 0 atom stereocenters. The molecule has 0 unspecified atom stereocenters. The van der Waals surface area contributed by atoms with Crippen molar-refractivity contribution in [2.75, 3.05) is 13.7 Å². The van der Waals surface area contributed by atoms with Crippen LogP contribution in [-0.2, 0) is 11.2 Å². The van der Waals surface area contributed by atoms with Crippen LogP contribution in [-0.4, -0.2) is 24.6 Å². The molecule has 0 aromatic heterocycles. The fourth-order valence-electron chi connectivity index (χ4n) is 1.48. The lowest BCUT2D eigenvalue weighted by Crippen LogP contribution is -2.26. The first-order valence-electron chi connectivity index (χ1n) is 5.79. The van der Waals surface area contributed by atoms with Gasteiger partial charge in [0.05, 0.1) is 18.5 Å². The van der Waals surface area contributed by atoms with Crippen molar-refractivity contribution in [1.82, 2.24) is 5.32 Å². The molecule has 0 aliphatic heterocycles. The molecular formula is C13H18N2O2S. The Hall–Kier alpha value is -1.62. The summed E-state index contributed by atoms with van der Waals surface area (Å²) in [7, 11) is 1.61. The molecule has 1 aromatic carbocycles. The van der Waals surface area contributed by atoms with E-state index < -0.39 is 0 Å².